The SMILES string of the molecule is CC[C@H](C)N(Cc1c[nH]c2ccccc12)C(=S)Nc1cc(F)cc(F)c1. The van der Waals surface area contributed by atoms with Crippen LogP contribution in [0.4, 0.5) is 14.5 Å². The Labute approximate surface area is 157 Å². The highest BCUT2D eigenvalue weighted by atomic mass is 32.1. The number of rotatable bonds is 5. The zero-order valence-electron chi connectivity index (χ0n) is 14.7. The van der Waals surface area contributed by atoms with Crippen molar-refractivity contribution in [3.05, 3.63) is 65.9 Å². The third-order valence-electron chi connectivity index (χ3n) is 4.51. The molecule has 0 unspecified atom stereocenters. The number of nitrogens with one attached hydrogen (secondary N) is 2. The molecule has 0 aliphatic rings. The summed E-state index contributed by atoms with van der Waals surface area (Å²) < 4.78 is 26.9. The summed E-state index contributed by atoms with van der Waals surface area (Å²) in [6, 6.07) is 11.5. The van der Waals surface area contributed by atoms with E-state index in [1.807, 2.05) is 29.3 Å². The van der Waals surface area contributed by atoms with Crippen LogP contribution in [-0.4, -0.2) is 21.0 Å². The van der Waals surface area contributed by atoms with Crippen LogP contribution in [0.25, 0.3) is 10.9 Å². The van der Waals surface area contributed by atoms with E-state index in [1.165, 1.54) is 12.1 Å². The molecule has 0 saturated heterocycles. The number of fused-ring (bicyclic) bond motifs is 1. The average Bonchev–Trinajstić information content (AvgIpc) is 3.01. The van der Waals surface area contributed by atoms with Crippen LogP contribution < -0.4 is 5.32 Å². The first-order valence-electron chi connectivity index (χ1n) is 8.56. The predicted molar refractivity (Wildman–Crippen MR) is 106 cm³/mol. The van der Waals surface area contributed by atoms with Crippen molar-refractivity contribution >= 4 is 33.9 Å². The number of para-hydroxylation sites is 1. The van der Waals surface area contributed by atoms with Gasteiger partial charge in [0.15, 0.2) is 5.11 Å². The molecule has 0 bridgehead atoms. The van der Waals surface area contributed by atoms with E-state index in [4.69, 9.17) is 12.2 Å². The van der Waals surface area contributed by atoms with E-state index in [9.17, 15) is 8.78 Å². The first-order valence-corrected chi connectivity index (χ1v) is 8.97. The molecule has 2 aromatic carbocycles. The summed E-state index contributed by atoms with van der Waals surface area (Å²) in [6.07, 6.45) is 2.87. The smallest absolute Gasteiger partial charge is 0.173 e. The van der Waals surface area contributed by atoms with E-state index in [2.05, 4.69) is 30.2 Å². The van der Waals surface area contributed by atoms with E-state index < -0.39 is 11.6 Å². The molecule has 1 aromatic heterocycles. The van der Waals surface area contributed by atoms with Crippen molar-refractivity contribution in [2.75, 3.05) is 5.32 Å². The van der Waals surface area contributed by atoms with E-state index in [-0.39, 0.29) is 6.04 Å². The molecule has 0 spiro atoms. The number of thiocarbonyl (C=S) groups is 1. The summed E-state index contributed by atoms with van der Waals surface area (Å²) in [7, 11) is 0. The average molecular weight is 373 g/mol. The molecule has 3 nitrogen and oxygen atoms in total. The van der Waals surface area contributed by atoms with Gasteiger partial charge in [0.05, 0.1) is 0 Å². The normalized spacial score (nSPS) is 12.2. The van der Waals surface area contributed by atoms with Gasteiger partial charge in [-0.2, -0.15) is 0 Å². The van der Waals surface area contributed by atoms with Crippen LogP contribution >= 0.6 is 12.2 Å². The number of nitrogens with zero attached hydrogens (tertiary/aromatic N) is 1. The molecule has 1 atom stereocenters. The lowest BCUT2D eigenvalue weighted by Crippen LogP contribution is -2.40. The van der Waals surface area contributed by atoms with Crippen molar-refractivity contribution < 1.29 is 8.78 Å². The van der Waals surface area contributed by atoms with Gasteiger partial charge in [0.25, 0.3) is 0 Å². The van der Waals surface area contributed by atoms with Gasteiger partial charge in [-0.1, -0.05) is 25.1 Å². The second-order valence-electron chi connectivity index (χ2n) is 6.33. The molecule has 26 heavy (non-hydrogen) atoms. The first-order chi connectivity index (χ1) is 12.5. The van der Waals surface area contributed by atoms with Crippen LogP contribution in [0.5, 0.6) is 0 Å². The van der Waals surface area contributed by atoms with E-state index in [1.54, 1.807) is 0 Å². The summed E-state index contributed by atoms with van der Waals surface area (Å²) in [6.45, 7) is 4.76. The highest BCUT2D eigenvalue weighted by molar-refractivity contribution is 7.80. The zero-order valence-corrected chi connectivity index (χ0v) is 15.5. The molecule has 0 amide bonds. The Morgan fingerprint density at radius 3 is 2.58 bits per heavy atom. The lowest BCUT2D eigenvalue weighted by Gasteiger charge is -2.31. The maximum atomic E-state index is 13.4. The number of benzene rings is 2. The molecular weight excluding hydrogens is 352 g/mol. The van der Waals surface area contributed by atoms with Crippen molar-refractivity contribution in [1.82, 2.24) is 9.88 Å². The highest BCUT2D eigenvalue weighted by Crippen LogP contribution is 2.22. The second-order valence-corrected chi connectivity index (χ2v) is 6.72. The second kappa shape index (κ2) is 7.83. The topological polar surface area (TPSA) is 31.1 Å². The standard InChI is InChI=1S/C20H21F2N3S/c1-3-13(2)25(12-14-11-23-19-7-5-4-6-18(14)19)20(26)24-17-9-15(21)8-16(22)10-17/h4-11,13,23H,3,12H2,1-2H3,(H,24,26)/t13-/m0/s1. The van der Waals surface area contributed by atoms with Crippen molar-refractivity contribution in [2.24, 2.45) is 0 Å². The monoisotopic (exact) mass is 373 g/mol. The zero-order chi connectivity index (χ0) is 18.7. The minimum absolute atomic E-state index is 0.169. The van der Waals surface area contributed by atoms with Crippen LogP contribution in [0.2, 0.25) is 0 Å². The summed E-state index contributed by atoms with van der Waals surface area (Å²) in [5.41, 5.74) is 2.49. The van der Waals surface area contributed by atoms with E-state index in [0.717, 1.165) is 29.0 Å². The van der Waals surface area contributed by atoms with Gasteiger partial charge < -0.3 is 15.2 Å². The molecule has 1 heterocycles. The quantitative estimate of drug-likeness (QED) is 0.584. The number of H-pyrrole nitrogens is 1. The number of hydrogen-bond donors (Lipinski definition) is 2. The maximum absolute atomic E-state index is 13.4. The fourth-order valence-electron chi connectivity index (χ4n) is 2.92. The number of halogens is 2. The molecule has 3 aromatic rings. The lowest BCUT2D eigenvalue weighted by atomic mass is 10.1. The minimum atomic E-state index is -0.637. The van der Waals surface area contributed by atoms with Gasteiger partial charge in [-0.15, -0.1) is 0 Å². The van der Waals surface area contributed by atoms with Crippen LogP contribution in [0.15, 0.2) is 48.7 Å². The molecule has 0 aliphatic heterocycles. The van der Waals surface area contributed by atoms with Gasteiger partial charge in [-0.05, 0) is 49.3 Å². The largest absolute Gasteiger partial charge is 0.361 e. The van der Waals surface area contributed by atoms with Gasteiger partial charge in [0.2, 0.25) is 0 Å². The van der Waals surface area contributed by atoms with Crippen LogP contribution in [0.1, 0.15) is 25.8 Å². The fourth-order valence-corrected chi connectivity index (χ4v) is 3.28. The van der Waals surface area contributed by atoms with Gasteiger partial charge >= 0.3 is 0 Å². The maximum Gasteiger partial charge on any atom is 0.173 e. The van der Waals surface area contributed by atoms with Crippen molar-refractivity contribution in [2.45, 2.75) is 32.9 Å². The molecule has 0 fully saturated rings. The lowest BCUT2D eigenvalue weighted by molar-refractivity contribution is 0.321. The molecule has 0 aliphatic carbocycles. The molecule has 136 valence electrons. The predicted octanol–water partition coefficient (Wildman–Crippen LogP) is 5.44. The minimum Gasteiger partial charge on any atom is -0.361 e. The van der Waals surface area contributed by atoms with Gasteiger partial charge in [-0.3, -0.25) is 0 Å². The number of hydrogen-bond acceptors (Lipinski definition) is 1. The number of anilines is 1. The number of aromatic nitrogens is 1. The Morgan fingerprint density at radius 2 is 1.88 bits per heavy atom. The summed E-state index contributed by atoms with van der Waals surface area (Å²) in [5, 5.41) is 4.55. The fraction of sp³-hybridized carbons (Fsp3) is 0.250. The van der Waals surface area contributed by atoms with Crippen LogP contribution in [0, 0.1) is 11.6 Å². The summed E-state index contributed by atoms with van der Waals surface area (Å²) >= 11 is 5.54. The third kappa shape index (κ3) is 4.02. The third-order valence-corrected chi connectivity index (χ3v) is 4.85. The Bertz CT molecular complexity index is 902. The Kier molecular flexibility index (Phi) is 5.52. The van der Waals surface area contributed by atoms with E-state index >= 15 is 0 Å². The van der Waals surface area contributed by atoms with Crippen LogP contribution in [-0.2, 0) is 6.54 Å². The Hall–Kier alpha value is -2.47. The Balaban J connectivity index is 1.84. The van der Waals surface area contributed by atoms with Crippen LogP contribution in [0.3, 0.4) is 0 Å². The summed E-state index contributed by atoms with van der Waals surface area (Å²) in [5.74, 6) is -1.27. The first kappa shape index (κ1) is 18.3. The molecule has 3 rings (SSSR count). The van der Waals surface area contributed by atoms with Gasteiger partial charge in [-0.25, -0.2) is 8.78 Å². The van der Waals surface area contributed by atoms with Crippen molar-refractivity contribution in [1.29, 1.82) is 0 Å². The van der Waals surface area contributed by atoms with Crippen molar-refractivity contribution in [3.63, 3.8) is 0 Å². The molecule has 2 N–H and O–H groups in total. The van der Waals surface area contributed by atoms with Gasteiger partial charge in [0, 0.05) is 41.4 Å². The molecular formula is C20H21F2N3S. The molecule has 6 heteroatoms. The number of aromatic amines is 1. The highest BCUT2D eigenvalue weighted by Gasteiger charge is 2.18. The molecule has 0 radical (unpaired) electrons. The van der Waals surface area contributed by atoms with Gasteiger partial charge in [0.1, 0.15) is 11.6 Å². The summed E-state index contributed by atoms with van der Waals surface area (Å²) in [4.78, 5) is 5.30. The van der Waals surface area contributed by atoms with E-state index in [0.29, 0.717) is 17.3 Å². The molecule has 0 saturated carbocycles. The Morgan fingerprint density at radius 1 is 1.19 bits per heavy atom. The van der Waals surface area contributed by atoms with Crippen molar-refractivity contribution in [3.8, 4) is 0 Å².